The first kappa shape index (κ1) is 13.9. The lowest BCUT2D eigenvalue weighted by molar-refractivity contribution is -0.0217. The summed E-state index contributed by atoms with van der Waals surface area (Å²) >= 11 is 0. The lowest BCUT2D eigenvalue weighted by Gasteiger charge is -2.48. The van der Waals surface area contributed by atoms with Crippen LogP contribution in [0, 0.1) is 0 Å². The van der Waals surface area contributed by atoms with Gasteiger partial charge in [0, 0.05) is 44.4 Å². The Morgan fingerprint density at radius 1 is 1.25 bits per heavy atom. The maximum atomic E-state index is 5.35. The van der Waals surface area contributed by atoms with Crippen molar-refractivity contribution in [1.29, 1.82) is 0 Å². The number of methoxy groups -OCH3 is 1. The van der Waals surface area contributed by atoms with Crippen molar-refractivity contribution in [1.82, 2.24) is 9.80 Å². The average molecular weight is 228 g/mol. The zero-order valence-electron chi connectivity index (χ0n) is 11.8. The van der Waals surface area contributed by atoms with Crippen LogP contribution >= 0.6 is 0 Å². The summed E-state index contributed by atoms with van der Waals surface area (Å²) in [6.07, 6.45) is 0. The molecule has 1 atom stereocenters. The van der Waals surface area contributed by atoms with Crippen LogP contribution in [0.3, 0.4) is 0 Å². The summed E-state index contributed by atoms with van der Waals surface area (Å²) in [5.74, 6) is 0. The molecule has 16 heavy (non-hydrogen) atoms. The van der Waals surface area contributed by atoms with Gasteiger partial charge in [-0.15, -0.1) is 0 Å². The fourth-order valence-electron chi connectivity index (χ4n) is 2.50. The predicted molar refractivity (Wildman–Crippen MR) is 68.8 cm³/mol. The summed E-state index contributed by atoms with van der Waals surface area (Å²) in [4.78, 5) is 5.13. The second-order valence-corrected chi connectivity index (χ2v) is 6.06. The summed E-state index contributed by atoms with van der Waals surface area (Å²) < 4.78 is 5.35. The first-order valence-corrected chi connectivity index (χ1v) is 6.36. The van der Waals surface area contributed by atoms with E-state index in [1.807, 2.05) is 0 Å². The number of rotatable bonds is 3. The molecule has 3 nitrogen and oxygen atoms in total. The zero-order valence-corrected chi connectivity index (χ0v) is 11.8. The zero-order chi connectivity index (χ0) is 12.3. The molecule has 0 spiro atoms. The Bertz CT molecular complexity index is 210. The van der Waals surface area contributed by atoms with E-state index in [9.17, 15) is 0 Å². The van der Waals surface area contributed by atoms with Crippen molar-refractivity contribution >= 4 is 0 Å². The molecule has 3 heteroatoms. The van der Waals surface area contributed by atoms with Gasteiger partial charge in [-0.3, -0.25) is 9.80 Å². The highest BCUT2D eigenvalue weighted by molar-refractivity contribution is 4.89. The highest BCUT2D eigenvalue weighted by atomic mass is 16.5. The first-order chi connectivity index (χ1) is 7.36. The molecule has 0 radical (unpaired) electrons. The van der Waals surface area contributed by atoms with E-state index in [1.54, 1.807) is 7.11 Å². The van der Waals surface area contributed by atoms with E-state index in [2.05, 4.69) is 44.4 Å². The van der Waals surface area contributed by atoms with E-state index in [0.29, 0.717) is 12.1 Å². The van der Waals surface area contributed by atoms with Gasteiger partial charge in [0.15, 0.2) is 0 Å². The van der Waals surface area contributed by atoms with Gasteiger partial charge in [-0.25, -0.2) is 0 Å². The molecule has 0 aromatic carbocycles. The van der Waals surface area contributed by atoms with Crippen molar-refractivity contribution in [3.05, 3.63) is 0 Å². The van der Waals surface area contributed by atoms with Crippen LogP contribution in [0.1, 0.15) is 34.6 Å². The number of hydrogen-bond donors (Lipinski definition) is 0. The van der Waals surface area contributed by atoms with Crippen LogP contribution in [0.25, 0.3) is 0 Å². The van der Waals surface area contributed by atoms with Crippen molar-refractivity contribution in [2.24, 2.45) is 0 Å². The van der Waals surface area contributed by atoms with Gasteiger partial charge in [-0.1, -0.05) is 0 Å². The van der Waals surface area contributed by atoms with Crippen LogP contribution in [-0.4, -0.2) is 60.8 Å². The molecule has 1 rings (SSSR count). The molecule has 1 heterocycles. The standard InChI is InChI=1S/C13H28N2O/c1-11(2)15-8-7-14(13(3,4)5)9-12(15)10-16-6/h11-12H,7-10H2,1-6H3. The molecule has 96 valence electrons. The van der Waals surface area contributed by atoms with Crippen molar-refractivity contribution in [2.75, 3.05) is 33.4 Å². The molecular weight excluding hydrogens is 200 g/mol. The van der Waals surface area contributed by atoms with E-state index < -0.39 is 0 Å². The van der Waals surface area contributed by atoms with Gasteiger partial charge in [0.05, 0.1) is 6.61 Å². The molecule has 1 aliphatic heterocycles. The summed E-state index contributed by atoms with van der Waals surface area (Å²) in [6, 6.07) is 1.15. The molecule has 0 aromatic heterocycles. The predicted octanol–water partition coefficient (Wildman–Crippen LogP) is 1.83. The maximum Gasteiger partial charge on any atom is 0.0630 e. The molecule has 1 aliphatic rings. The van der Waals surface area contributed by atoms with Crippen LogP contribution in [0.15, 0.2) is 0 Å². The number of hydrogen-bond acceptors (Lipinski definition) is 3. The van der Waals surface area contributed by atoms with Crippen molar-refractivity contribution in [3.63, 3.8) is 0 Å². The van der Waals surface area contributed by atoms with E-state index in [0.717, 1.165) is 19.7 Å². The van der Waals surface area contributed by atoms with Crippen LogP contribution in [0.5, 0.6) is 0 Å². The molecule has 1 unspecified atom stereocenters. The first-order valence-electron chi connectivity index (χ1n) is 6.36. The minimum absolute atomic E-state index is 0.273. The minimum atomic E-state index is 0.273. The summed E-state index contributed by atoms with van der Waals surface area (Å²) in [5.41, 5.74) is 0.273. The van der Waals surface area contributed by atoms with Gasteiger partial charge in [0.25, 0.3) is 0 Å². The Balaban J connectivity index is 2.65. The Morgan fingerprint density at radius 2 is 1.88 bits per heavy atom. The van der Waals surface area contributed by atoms with Crippen molar-refractivity contribution in [2.45, 2.75) is 52.2 Å². The SMILES string of the molecule is COCC1CN(C(C)(C)C)CCN1C(C)C. The molecule has 0 aromatic rings. The quantitative estimate of drug-likeness (QED) is 0.733. The van der Waals surface area contributed by atoms with Crippen molar-refractivity contribution in [3.8, 4) is 0 Å². The lowest BCUT2D eigenvalue weighted by atomic mass is 10.0. The van der Waals surface area contributed by atoms with E-state index in [-0.39, 0.29) is 5.54 Å². The molecule has 0 aliphatic carbocycles. The number of ether oxygens (including phenoxy) is 1. The third-order valence-corrected chi connectivity index (χ3v) is 3.50. The van der Waals surface area contributed by atoms with Gasteiger partial charge < -0.3 is 4.74 Å². The minimum Gasteiger partial charge on any atom is -0.383 e. The molecule has 1 fully saturated rings. The van der Waals surface area contributed by atoms with Gasteiger partial charge in [-0.2, -0.15) is 0 Å². The van der Waals surface area contributed by atoms with Crippen LogP contribution < -0.4 is 0 Å². The molecule has 0 saturated carbocycles. The summed E-state index contributed by atoms with van der Waals surface area (Å²) in [7, 11) is 1.80. The molecule has 0 N–H and O–H groups in total. The van der Waals surface area contributed by atoms with Crippen LogP contribution in [0.4, 0.5) is 0 Å². The Kier molecular flexibility index (Phi) is 4.77. The normalized spacial score (nSPS) is 25.3. The monoisotopic (exact) mass is 228 g/mol. The largest absolute Gasteiger partial charge is 0.383 e. The van der Waals surface area contributed by atoms with Crippen LogP contribution in [-0.2, 0) is 4.74 Å². The van der Waals surface area contributed by atoms with E-state index >= 15 is 0 Å². The molecule has 0 bridgehead atoms. The fourth-order valence-corrected chi connectivity index (χ4v) is 2.50. The highest BCUT2D eigenvalue weighted by Crippen LogP contribution is 2.20. The third-order valence-electron chi connectivity index (χ3n) is 3.50. The van der Waals surface area contributed by atoms with E-state index in [4.69, 9.17) is 4.74 Å². The molecule has 1 saturated heterocycles. The maximum absolute atomic E-state index is 5.35. The lowest BCUT2D eigenvalue weighted by Crippen LogP contribution is -2.60. The smallest absolute Gasteiger partial charge is 0.0630 e. The number of piperazine rings is 1. The third kappa shape index (κ3) is 3.44. The van der Waals surface area contributed by atoms with Crippen LogP contribution in [0.2, 0.25) is 0 Å². The Labute approximate surface area is 101 Å². The average Bonchev–Trinajstić information content (AvgIpc) is 2.16. The summed E-state index contributed by atoms with van der Waals surface area (Å²) in [5, 5.41) is 0. The second kappa shape index (κ2) is 5.48. The van der Waals surface area contributed by atoms with Gasteiger partial charge in [0.1, 0.15) is 0 Å². The Morgan fingerprint density at radius 3 is 2.31 bits per heavy atom. The van der Waals surface area contributed by atoms with Gasteiger partial charge in [0.2, 0.25) is 0 Å². The molecule has 0 amide bonds. The van der Waals surface area contributed by atoms with Crippen molar-refractivity contribution < 1.29 is 4.74 Å². The molecular formula is C13H28N2O. The Hall–Kier alpha value is -0.120. The topological polar surface area (TPSA) is 15.7 Å². The van der Waals surface area contributed by atoms with E-state index in [1.165, 1.54) is 6.54 Å². The fraction of sp³-hybridized carbons (Fsp3) is 1.00. The van der Waals surface area contributed by atoms with Gasteiger partial charge in [-0.05, 0) is 34.6 Å². The van der Waals surface area contributed by atoms with Gasteiger partial charge >= 0.3 is 0 Å². The number of nitrogens with zero attached hydrogens (tertiary/aromatic N) is 2. The second-order valence-electron chi connectivity index (χ2n) is 6.06. The summed E-state index contributed by atoms with van der Waals surface area (Å²) in [6.45, 7) is 15.7. The highest BCUT2D eigenvalue weighted by Gasteiger charge is 2.33.